The van der Waals surface area contributed by atoms with Crippen LogP contribution in [0.25, 0.3) is 0 Å². The first-order chi connectivity index (χ1) is 14.9. The maximum Gasteiger partial charge on any atom is 0.306 e. The molecule has 1 aromatic carbocycles. The quantitative estimate of drug-likeness (QED) is 0.266. The number of aliphatic hydroxyl groups is 3. The van der Waals surface area contributed by atoms with Crippen molar-refractivity contribution in [2.24, 2.45) is 11.8 Å². The monoisotopic (exact) mass is 432 g/mol. The van der Waals surface area contributed by atoms with Gasteiger partial charge in [-0.25, -0.2) is 0 Å². The molecule has 0 aromatic heterocycles. The third-order valence-corrected chi connectivity index (χ3v) is 5.33. The van der Waals surface area contributed by atoms with E-state index >= 15 is 0 Å². The van der Waals surface area contributed by atoms with Crippen LogP contribution in [0.15, 0.2) is 54.6 Å². The van der Waals surface area contributed by atoms with Crippen LogP contribution in [0, 0.1) is 11.8 Å². The average molecular weight is 433 g/mol. The van der Waals surface area contributed by atoms with Crippen molar-refractivity contribution in [1.82, 2.24) is 0 Å². The number of aliphatic hydroxyl groups excluding tert-OH is 3. The van der Waals surface area contributed by atoms with Crippen LogP contribution in [0.3, 0.4) is 0 Å². The minimum Gasteiger partial charge on any atom is -0.491 e. The fourth-order valence-electron chi connectivity index (χ4n) is 3.77. The Hall–Kier alpha value is -2.15. The first kappa shape index (κ1) is 25.1. The van der Waals surface area contributed by atoms with Gasteiger partial charge in [-0.05, 0) is 51.2 Å². The van der Waals surface area contributed by atoms with Crippen LogP contribution in [0.5, 0.6) is 5.75 Å². The molecule has 1 fully saturated rings. The van der Waals surface area contributed by atoms with Gasteiger partial charge in [0.05, 0.1) is 18.3 Å². The standard InChI is InChI=1S/C25H36O6/c1-18(2)31-25(29)13-9-4-3-8-12-21-22(24(28)16-23(21)27)15-14-19(26)17-30-20-10-6-5-7-11-20/h3,5-8,10-11,14-15,18-19,21-24,26-28H,4,9,12-13,16-17H2,1-2H3. The molecule has 0 aliphatic heterocycles. The molecule has 5 atom stereocenters. The molecule has 0 radical (unpaired) electrons. The van der Waals surface area contributed by atoms with E-state index in [0.717, 1.165) is 12.8 Å². The lowest BCUT2D eigenvalue weighted by atomic mass is 9.89. The molecule has 1 aliphatic rings. The van der Waals surface area contributed by atoms with Crippen molar-refractivity contribution >= 4 is 5.97 Å². The van der Waals surface area contributed by atoms with E-state index in [9.17, 15) is 20.1 Å². The fourth-order valence-corrected chi connectivity index (χ4v) is 3.77. The Labute approximate surface area is 185 Å². The van der Waals surface area contributed by atoms with E-state index in [-0.39, 0.29) is 30.5 Å². The summed E-state index contributed by atoms with van der Waals surface area (Å²) in [6.45, 7) is 3.79. The topological polar surface area (TPSA) is 96.2 Å². The number of benzene rings is 1. The van der Waals surface area contributed by atoms with Crippen LogP contribution in [0.2, 0.25) is 0 Å². The molecule has 3 N–H and O–H groups in total. The lowest BCUT2D eigenvalue weighted by Gasteiger charge is -2.19. The SMILES string of the molecule is CC(C)OC(=O)CCCC=CCC1C(O)CC(O)C1C=CC(O)COc1ccccc1. The summed E-state index contributed by atoms with van der Waals surface area (Å²) >= 11 is 0. The Morgan fingerprint density at radius 2 is 1.90 bits per heavy atom. The number of hydrogen-bond acceptors (Lipinski definition) is 6. The number of ether oxygens (including phenoxy) is 2. The van der Waals surface area contributed by atoms with Crippen molar-refractivity contribution < 1.29 is 29.6 Å². The maximum absolute atomic E-state index is 11.5. The van der Waals surface area contributed by atoms with Crippen molar-refractivity contribution in [2.45, 2.75) is 70.4 Å². The molecular weight excluding hydrogens is 396 g/mol. The highest BCUT2D eigenvalue weighted by Gasteiger charge is 2.39. The van der Waals surface area contributed by atoms with E-state index in [2.05, 4.69) is 0 Å². The predicted octanol–water partition coefficient (Wildman–Crippen LogP) is 3.41. The Balaban J connectivity index is 1.77. The van der Waals surface area contributed by atoms with Gasteiger partial charge < -0.3 is 24.8 Å². The molecule has 6 heteroatoms. The molecule has 1 aliphatic carbocycles. The molecule has 0 amide bonds. The van der Waals surface area contributed by atoms with Gasteiger partial charge in [0.25, 0.3) is 0 Å². The second-order valence-corrected chi connectivity index (χ2v) is 8.33. The number of carbonyl (C=O) groups excluding carboxylic acids is 1. The summed E-state index contributed by atoms with van der Waals surface area (Å²) in [4.78, 5) is 11.5. The predicted molar refractivity (Wildman–Crippen MR) is 120 cm³/mol. The molecule has 1 saturated carbocycles. The highest BCUT2D eigenvalue weighted by molar-refractivity contribution is 5.69. The number of carbonyl (C=O) groups is 1. The number of hydrogen-bond donors (Lipinski definition) is 3. The molecule has 0 saturated heterocycles. The third-order valence-electron chi connectivity index (χ3n) is 5.33. The lowest BCUT2D eigenvalue weighted by Crippen LogP contribution is -2.21. The van der Waals surface area contributed by atoms with Gasteiger partial charge in [0, 0.05) is 18.8 Å². The summed E-state index contributed by atoms with van der Waals surface area (Å²) in [7, 11) is 0. The Kier molecular flexibility index (Phi) is 10.8. The van der Waals surface area contributed by atoms with Crippen LogP contribution in [0.4, 0.5) is 0 Å². The Morgan fingerprint density at radius 3 is 2.61 bits per heavy atom. The normalized spacial score (nSPS) is 24.8. The molecule has 5 unspecified atom stereocenters. The van der Waals surface area contributed by atoms with Crippen molar-refractivity contribution in [3.8, 4) is 5.75 Å². The fraction of sp³-hybridized carbons (Fsp3) is 0.560. The van der Waals surface area contributed by atoms with Crippen molar-refractivity contribution in [2.75, 3.05) is 6.61 Å². The molecule has 1 aromatic rings. The number of para-hydroxylation sites is 1. The van der Waals surface area contributed by atoms with E-state index in [1.165, 1.54) is 0 Å². The third kappa shape index (κ3) is 9.25. The van der Waals surface area contributed by atoms with E-state index in [1.54, 1.807) is 12.2 Å². The maximum atomic E-state index is 11.5. The molecule has 6 nitrogen and oxygen atoms in total. The number of unbranched alkanes of at least 4 members (excludes halogenated alkanes) is 1. The van der Waals surface area contributed by atoms with E-state index < -0.39 is 18.3 Å². The van der Waals surface area contributed by atoms with Gasteiger partial charge in [0.15, 0.2) is 0 Å². The smallest absolute Gasteiger partial charge is 0.306 e. The molecule has 172 valence electrons. The summed E-state index contributed by atoms with van der Waals surface area (Å²) in [6.07, 6.45) is 8.12. The number of esters is 1. The van der Waals surface area contributed by atoms with Crippen LogP contribution in [0.1, 0.15) is 46.0 Å². The summed E-state index contributed by atoms with van der Waals surface area (Å²) in [5.74, 6) is 0.159. The molecule has 31 heavy (non-hydrogen) atoms. The van der Waals surface area contributed by atoms with Crippen LogP contribution >= 0.6 is 0 Å². The summed E-state index contributed by atoms with van der Waals surface area (Å²) in [5.41, 5.74) is 0. The van der Waals surface area contributed by atoms with Gasteiger partial charge >= 0.3 is 5.97 Å². The van der Waals surface area contributed by atoms with Crippen LogP contribution in [-0.4, -0.2) is 52.3 Å². The zero-order chi connectivity index (χ0) is 22.6. The summed E-state index contributed by atoms with van der Waals surface area (Å²) in [5, 5.41) is 30.8. The zero-order valence-corrected chi connectivity index (χ0v) is 18.5. The first-order valence-electron chi connectivity index (χ1n) is 11.1. The second-order valence-electron chi connectivity index (χ2n) is 8.33. The Morgan fingerprint density at radius 1 is 1.16 bits per heavy atom. The van der Waals surface area contributed by atoms with Gasteiger partial charge in [-0.3, -0.25) is 4.79 Å². The van der Waals surface area contributed by atoms with E-state index in [1.807, 2.05) is 56.3 Å². The van der Waals surface area contributed by atoms with Crippen molar-refractivity contribution in [1.29, 1.82) is 0 Å². The van der Waals surface area contributed by atoms with Crippen molar-refractivity contribution in [3.63, 3.8) is 0 Å². The summed E-state index contributed by atoms with van der Waals surface area (Å²) < 4.78 is 10.6. The van der Waals surface area contributed by atoms with Gasteiger partial charge in [-0.2, -0.15) is 0 Å². The molecule has 0 heterocycles. The molecule has 2 rings (SSSR count). The minimum absolute atomic E-state index is 0.0910. The highest BCUT2D eigenvalue weighted by Crippen LogP contribution is 2.36. The Bertz CT molecular complexity index is 699. The first-order valence-corrected chi connectivity index (χ1v) is 11.1. The zero-order valence-electron chi connectivity index (χ0n) is 18.5. The lowest BCUT2D eigenvalue weighted by molar-refractivity contribution is -0.147. The average Bonchev–Trinajstić information content (AvgIpc) is 3.00. The van der Waals surface area contributed by atoms with E-state index in [0.29, 0.717) is 25.0 Å². The van der Waals surface area contributed by atoms with E-state index in [4.69, 9.17) is 9.47 Å². The highest BCUT2D eigenvalue weighted by atomic mass is 16.5. The van der Waals surface area contributed by atoms with Gasteiger partial charge in [0.1, 0.15) is 18.5 Å². The molecule has 0 bridgehead atoms. The largest absolute Gasteiger partial charge is 0.491 e. The minimum atomic E-state index is -0.799. The van der Waals surface area contributed by atoms with Crippen molar-refractivity contribution in [3.05, 3.63) is 54.6 Å². The number of allylic oxidation sites excluding steroid dienone is 2. The second kappa shape index (κ2) is 13.3. The van der Waals surface area contributed by atoms with Gasteiger partial charge in [0.2, 0.25) is 0 Å². The molecular formula is C25H36O6. The summed E-state index contributed by atoms with van der Waals surface area (Å²) in [6, 6.07) is 9.27. The van der Waals surface area contributed by atoms with Gasteiger partial charge in [-0.1, -0.05) is 42.5 Å². The van der Waals surface area contributed by atoms with Gasteiger partial charge in [-0.15, -0.1) is 0 Å². The van der Waals surface area contributed by atoms with Crippen LogP contribution < -0.4 is 4.74 Å². The number of rotatable bonds is 12. The molecule has 0 spiro atoms. The van der Waals surface area contributed by atoms with Crippen LogP contribution in [-0.2, 0) is 9.53 Å².